The lowest BCUT2D eigenvalue weighted by Crippen LogP contribution is -2.35. The molecule has 1 fully saturated rings. The molecule has 3 rings (SSSR count). The van der Waals surface area contributed by atoms with Gasteiger partial charge in [0, 0.05) is 15.9 Å². The number of hydrogen-bond donors (Lipinski definition) is 1. The van der Waals surface area contributed by atoms with Crippen LogP contribution in [0.4, 0.5) is 14.5 Å². The number of carbonyl (C=O) groups is 2. The van der Waals surface area contributed by atoms with Crippen LogP contribution in [0, 0.1) is 21.7 Å². The molecule has 1 aromatic heterocycles. The first-order valence-electron chi connectivity index (χ1n) is 6.90. The van der Waals surface area contributed by atoms with Crippen molar-refractivity contribution in [2.75, 3.05) is 6.54 Å². The minimum Gasteiger partial charge on any atom is -0.302 e. The molecule has 1 aliphatic rings. The van der Waals surface area contributed by atoms with Gasteiger partial charge in [0.15, 0.2) is 6.17 Å². The molecule has 1 unspecified atom stereocenters. The highest BCUT2D eigenvalue weighted by molar-refractivity contribution is 9.10. The topological polar surface area (TPSA) is 104 Å². The van der Waals surface area contributed by atoms with Crippen LogP contribution in [0.3, 0.4) is 0 Å². The molecule has 1 N–H and O–H groups in total. The summed E-state index contributed by atoms with van der Waals surface area (Å²) >= 11 is 4.29. The number of nitrogens with zero attached hydrogens (tertiary/aromatic N) is 3. The molecule has 0 radical (unpaired) electrons. The first kappa shape index (κ1) is 18.4. The van der Waals surface area contributed by atoms with Crippen LogP contribution in [0.1, 0.15) is 21.4 Å². The molecule has 136 valence electrons. The first-order valence-corrected chi connectivity index (χ1v) is 8.58. The zero-order valence-corrected chi connectivity index (χ0v) is 15.0. The van der Waals surface area contributed by atoms with Crippen LogP contribution in [0.2, 0.25) is 0 Å². The second-order valence-electron chi connectivity index (χ2n) is 5.22. The number of nitro benzene ring substituents is 1. The minimum atomic E-state index is -1.64. The molecule has 0 bridgehead atoms. The lowest BCUT2D eigenvalue weighted by Gasteiger charge is -2.25. The van der Waals surface area contributed by atoms with E-state index in [0.717, 1.165) is 16.2 Å². The van der Waals surface area contributed by atoms with Gasteiger partial charge in [0.2, 0.25) is 5.82 Å². The smallest absolute Gasteiger partial charge is 0.302 e. The van der Waals surface area contributed by atoms with Gasteiger partial charge in [0.25, 0.3) is 11.8 Å². The molecule has 1 aromatic carbocycles. The van der Waals surface area contributed by atoms with Gasteiger partial charge in [0.05, 0.1) is 9.80 Å². The van der Waals surface area contributed by atoms with E-state index in [1.165, 1.54) is 6.07 Å². The average Bonchev–Trinajstić information content (AvgIpc) is 3.11. The maximum Gasteiger partial charge on any atom is 0.305 e. The van der Waals surface area contributed by atoms with Crippen molar-refractivity contribution in [2.24, 2.45) is 0 Å². The molecule has 26 heavy (non-hydrogen) atoms. The molecule has 2 aromatic rings. The van der Waals surface area contributed by atoms with E-state index in [2.05, 4.69) is 15.9 Å². The molecule has 1 saturated heterocycles. The summed E-state index contributed by atoms with van der Waals surface area (Å²) in [7, 11) is 0. The summed E-state index contributed by atoms with van der Waals surface area (Å²) in [5.74, 6) is -5.11. The normalized spacial score (nSPS) is 17.1. The molecule has 8 nitrogen and oxygen atoms in total. The van der Waals surface area contributed by atoms with E-state index in [9.17, 15) is 33.7 Å². The molecule has 12 heteroatoms. The lowest BCUT2D eigenvalue weighted by molar-refractivity contribution is -0.387. The van der Waals surface area contributed by atoms with Crippen molar-refractivity contribution in [2.45, 2.75) is 6.17 Å². The monoisotopic (exact) mass is 447 g/mol. The number of benzene rings is 1. The molecule has 1 atom stereocenters. The standard InChI is InChI=1S/C14H8BrF2N3O5S/c15-6-3-9(26-5-6)13-18(4-10(21)19(13)23)14(22)11-7(16)1-2-8(12(11)17)20(24)25/h1-3,5,13,23H,4H2. The quantitative estimate of drug-likeness (QED) is 0.442. The van der Waals surface area contributed by atoms with E-state index in [0.29, 0.717) is 21.5 Å². The zero-order valence-electron chi connectivity index (χ0n) is 12.6. The summed E-state index contributed by atoms with van der Waals surface area (Å²) in [4.78, 5) is 35.3. The van der Waals surface area contributed by atoms with Crippen LogP contribution in [0.25, 0.3) is 0 Å². The molecule has 0 spiro atoms. The third-order valence-corrected chi connectivity index (χ3v) is 5.41. The third kappa shape index (κ3) is 2.95. The van der Waals surface area contributed by atoms with E-state index in [1.807, 2.05) is 0 Å². The molecule has 2 amide bonds. The Bertz CT molecular complexity index is 937. The number of carbonyl (C=O) groups excluding carboxylic acids is 2. The molecule has 1 aliphatic heterocycles. The van der Waals surface area contributed by atoms with Crippen LogP contribution < -0.4 is 0 Å². The van der Waals surface area contributed by atoms with Gasteiger partial charge >= 0.3 is 5.69 Å². The Morgan fingerprint density at radius 1 is 1.42 bits per heavy atom. The van der Waals surface area contributed by atoms with Crippen LogP contribution in [0.5, 0.6) is 0 Å². The summed E-state index contributed by atoms with van der Waals surface area (Å²) in [5, 5.41) is 22.7. The summed E-state index contributed by atoms with van der Waals surface area (Å²) in [6.07, 6.45) is -1.30. The fourth-order valence-corrected chi connectivity index (χ4v) is 4.05. The Morgan fingerprint density at radius 2 is 2.12 bits per heavy atom. The van der Waals surface area contributed by atoms with Crippen molar-refractivity contribution in [3.8, 4) is 0 Å². The predicted molar refractivity (Wildman–Crippen MR) is 87.4 cm³/mol. The lowest BCUT2D eigenvalue weighted by atomic mass is 10.1. The van der Waals surface area contributed by atoms with Gasteiger partial charge in [-0.3, -0.25) is 24.9 Å². The van der Waals surface area contributed by atoms with Gasteiger partial charge in [-0.25, -0.2) is 4.39 Å². The summed E-state index contributed by atoms with van der Waals surface area (Å²) < 4.78 is 29.0. The largest absolute Gasteiger partial charge is 0.305 e. The Labute approximate surface area is 156 Å². The molecule has 0 saturated carbocycles. The minimum absolute atomic E-state index is 0.281. The second kappa shape index (κ2) is 6.70. The Hall–Kier alpha value is -2.44. The average molecular weight is 448 g/mol. The van der Waals surface area contributed by atoms with Crippen molar-refractivity contribution in [3.63, 3.8) is 0 Å². The molecular weight excluding hydrogens is 440 g/mol. The van der Waals surface area contributed by atoms with Crippen molar-refractivity contribution in [3.05, 3.63) is 60.2 Å². The highest BCUT2D eigenvalue weighted by atomic mass is 79.9. The second-order valence-corrected chi connectivity index (χ2v) is 7.08. The summed E-state index contributed by atoms with van der Waals surface area (Å²) in [6.45, 7) is -0.642. The van der Waals surface area contributed by atoms with Crippen molar-refractivity contribution in [1.29, 1.82) is 0 Å². The third-order valence-electron chi connectivity index (χ3n) is 3.67. The van der Waals surface area contributed by atoms with Gasteiger partial charge < -0.3 is 4.90 Å². The fraction of sp³-hybridized carbons (Fsp3) is 0.143. The van der Waals surface area contributed by atoms with Crippen LogP contribution in [0.15, 0.2) is 28.1 Å². The highest BCUT2D eigenvalue weighted by Gasteiger charge is 2.44. The number of rotatable bonds is 3. The van der Waals surface area contributed by atoms with Crippen LogP contribution >= 0.6 is 27.3 Å². The molecule has 0 aliphatic carbocycles. The predicted octanol–water partition coefficient (Wildman–Crippen LogP) is 3.07. The van der Waals surface area contributed by atoms with E-state index >= 15 is 0 Å². The fourth-order valence-electron chi connectivity index (χ4n) is 2.52. The number of hydroxylamine groups is 2. The SMILES string of the molecule is O=C1CN(C(=O)c2c(F)ccc([N+](=O)[O-])c2F)C(c2cc(Br)cs2)N1O. The zero-order chi connectivity index (χ0) is 19.2. The van der Waals surface area contributed by atoms with E-state index in [1.54, 1.807) is 5.38 Å². The maximum absolute atomic E-state index is 14.3. The summed E-state index contributed by atoms with van der Waals surface area (Å²) in [5.41, 5.74) is -2.24. The number of amides is 2. The van der Waals surface area contributed by atoms with Crippen LogP contribution in [-0.4, -0.2) is 38.5 Å². The first-order chi connectivity index (χ1) is 12.2. The number of hydrogen-bond acceptors (Lipinski definition) is 6. The van der Waals surface area contributed by atoms with Crippen molar-refractivity contribution in [1.82, 2.24) is 9.96 Å². The van der Waals surface area contributed by atoms with Crippen molar-refractivity contribution >= 4 is 44.8 Å². The Kier molecular flexibility index (Phi) is 4.73. The van der Waals surface area contributed by atoms with Gasteiger partial charge in [-0.15, -0.1) is 11.3 Å². The van der Waals surface area contributed by atoms with E-state index in [4.69, 9.17) is 0 Å². The molecular formula is C14H8BrF2N3O5S. The number of thiophene rings is 1. The van der Waals surface area contributed by atoms with Gasteiger partial charge in [-0.2, -0.15) is 9.45 Å². The number of halogens is 3. The van der Waals surface area contributed by atoms with E-state index in [-0.39, 0.29) is 5.06 Å². The Morgan fingerprint density at radius 3 is 2.69 bits per heavy atom. The molecule has 2 heterocycles. The number of nitro groups is 1. The van der Waals surface area contributed by atoms with Gasteiger partial charge in [-0.05, 0) is 28.1 Å². The van der Waals surface area contributed by atoms with E-state index < -0.39 is 52.3 Å². The van der Waals surface area contributed by atoms with Crippen molar-refractivity contribution < 1.29 is 28.5 Å². The van der Waals surface area contributed by atoms with Gasteiger partial charge in [-0.1, -0.05) is 0 Å². The highest BCUT2D eigenvalue weighted by Crippen LogP contribution is 2.36. The summed E-state index contributed by atoms with van der Waals surface area (Å²) in [6, 6.07) is 2.72. The maximum atomic E-state index is 14.3. The Balaban J connectivity index is 2.08. The van der Waals surface area contributed by atoms with Gasteiger partial charge in [0.1, 0.15) is 17.9 Å². The van der Waals surface area contributed by atoms with Crippen LogP contribution in [-0.2, 0) is 4.79 Å².